The van der Waals surface area contributed by atoms with Crippen molar-refractivity contribution in [3.63, 3.8) is 0 Å². The van der Waals surface area contributed by atoms with Crippen molar-refractivity contribution in [3.05, 3.63) is 133 Å². The van der Waals surface area contributed by atoms with E-state index in [-0.39, 0.29) is 23.6 Å². The van der Waals surface area contributed by atoms with Crippen LogP contribution >= 0.6 is 11.3 Å². The van der Waals surface area contributed by atoms with Crippen LogP contribution in [0.15, 0.2) is 93.8 Å². The van der Waals surface area contributed by atoms with Crippen LogP contribution in [0.3, 0.4) is 0 Å². The van der Waals surface area contributed by atoms with E-state index >= 15 is 0 Å². The lowest BCUT2D eigenvalue weighted by Crippen LogP contribution is -2.38. The molecule has 6 nitrogen and oxygen atoms in total. The van der Waals surface area contributed by atoms with Crippen LogP contribution < -0.4 is 16.6 Å². The minimum absolute atomic E-state index is 0.0929. The van der Waals surface area contributed by atoms with Crippen LogP contribution in [0.5, 0.6) is 0 Å². The lowest BCUT2D eigenvalue weighted by atomic mass is 10.1. The van der Waals surface area contributed by atoms with E-state index in [4.69, 9.17) is 0 Å². The van der Waals surface area contributed by atoms with Gasteiger partial charge in [0.2, 0.25) is 5.91 Å². The Kier molecular flexibility index (Phi) is 6.88. The fourth-order valence-corrected chi connectivity index (χ4v) is 5.24. The van der Waals surface area contributed by atoms with Gasteiger partial charge in [0.15, 0.2) is 0 Å². The summed E-state index contributed by atoms with van der Waals surface area (Å²) >= 11 is 1.33. The van der Waals surface area contributed by atoms with Gasteiger partial charge < -0.3 is 5.32 Å². The first-order valence-corrected chi connectivity index (χ1v) is 13.0. The largest absolute Gasteiger partial charge is 0.352 e. The van der Waals surface area contributed by atoms with Crippen LogP contribution in [-0.2, 0) is 24.3 Å². The molecule has 37 heavy (non-hydrogen) atoms. The van der Waals surface area contributed by atoms with Crippen molar-refractivity contribution >= 4 is 27.5 Å². The van der Waals surface area contributed by atoms with Crippen LogP contribution in [0, 0.1) is 13.8 Å². The minimum atomic E-state index is -0.384. The number of hydrogen-bond donors (Lipinski definition) is 1. The first-order chi connectivity index (χ1) is 17.9. The number of hydrogen-bond acceptors (Lipinski definition) is 4. The molecule has 2 aromatic heterocycles. The number of amides is 1. The average molecular weight is 510 g/mol. The fraction of sp³-hybridized carbons (Fsp3) is 0.167. The highest BCUT2D eigenvalue weighted by molar-refractivity contribution is 7.17. The Balaban J connectivity index is 1.43. The summed E-state index contributed by atoms with van der Waals surface area (Å²) in [5, 5.41) is 4.76. The van der Waals surface area contributed by atoms with Gasteiger partial charge >= 0.3 is 5.69 Å². The normalized spacial score (nSPS) is 11.1. The van der Waals surface area contributed by atoms with Crippen molar-refractivity contribution < 1.29 is 4.79 Å². The zero-order chi connectivity index (χ0) is 25.9. The molecule has 1 N–H and O–H groups in total. The molecule has 1 amide bonds. The Labute approximate surface area is 218 Å². The van der Waals surface area contributed by atoms with Crippen molar-refractivity contribution in [2.75, 3.05) is 0 Å². The first-order valence-electron chi connectivity index (χ1n) is 12.1. The quantitative estimate of drug-likeness (QED) is 0.345. The zero-order valence-corrected chi connectivity index (χ0v) is 21.5. The van der Waals surface area contributed by atoms with Crippen LogP contribution in [-0.4, -0.2) is 15.0 Å². The van der Waals surface area contributed by atoms with Gasteiger partial charge in [-0.05, 0) is 59.7 Å². The number of fused-ring (bicyclic) bond motifs is 1. The molecular formula is C30H27N3O3S. The highest BCUT2D eigenvalue weighted by Gasteiger charge is 2.17. The summed E-state index contributed by atoms with van der Waals surface area (Å²) in [6.07, 6.45) is 0.211. The molecule has 0 aliphatic heterocycles. The monoisotopic (exact) mass is 509 g/mol. The molecule has 0 bridgehead atoms. The predicted octanol–water partition coefficient (Wildman–Crippen LogP) is 4.74. The molecule has 0 aliphatic carbocycles. The molecule has 7 heteroatoms. The third-order valence-electron chi connectivity index (χ3n) is 6.48. The predicted molar refractivity (Wildman–Crippen MR) is 149 cm³/mol. The number of carbonyl (C=O) groups is 1. The van der Waals surface area contributed by atoms with Gasteiger partial charge in [0.1, 0.15) is 4.70 Å². The van der Waals surface area contributed by atoms with Crippen LogP contribution in [0.1, 0.15) is 27.8 Å². The number of nitrogens with zero attached hydrogens (tertiary/aromatic N) is 2. The van der Waals surface area contributed by atoms with Gasteiger partial charge in [-0.3, -0.25) is 14.2 Å². The van der Waals surface area contributed by atoms with Gasteiger partial charge in [-0.1, -0.05) is 66.2 Å². The number of nitrogens with one attached hydrogen (secondary N) is 1. The van der Waals surface area contributed by atoms with Gasteiger partial charge in [0, 0.05) is 6.54 Å². The Morgan fingerprint density at radius 3 is 2.41 bits per heavy atom. The fourth-order valence-electron chi connectivity index (χ4n) is 4.42. The molecule has 5 rings (SSSR count). The SMILES string of the molecule is Cc1ccc(C)c(Cn2c(=O)n(-c3ccc(CC(=O)NCc4ccccc4)cc3)c(=O)c3sccc32)c1. The molecule has 0 atom stereocenters. The molecule has 0 saturated carbocycles. The Morgan fingerprint density at radius 2 is 1.65 bits per heavy atom. The molecular weight excluding hydrogens is 482 g/mol. The molecule has 0 unspecified atom stereocenters. The lowest BCUT2D eigenvalue weighted by Gasteiger charge is -2.14. The van der Waals surface area contributed by atoms with E-state index in [0.717, 1.165) is 27.8 Å². The van der Waals surface area contributed by atoms with Gasteiger partial charge in [0.25, 0.3) is 5.56 Å². The average Bonchev–Trinajstić information content (AvgIpc) is 3.39. The number of aromatic nitrogens is 2. The van der Waals surface area contributed by atoms with Crippen LogP contribution in [0.2, 0.25) is 0 Å². The molecule has 0 aliphatic rings. The van der Waals surface area contributed by atoms with Crippen LogP contribution in [0.4, 0.5) is 0 Å². The Hall–Kier alpha value is -4.23. The van der Waals surface area contributed by atoms with E-state index in [1.807, 2.05) is 67.8 Å². The number of thiophene rings is 1. The van der Waals surface area contributed by atoms with Crippen molar-refractivity contribution in [1.82, 2.24) is 14.5 Å². The summed E-state index contributed by atoms with van der Waals surface area (Å²) in [7, 11) is 0. The van der Waals surface area contributed by atoms with Crippen LogP contribution in [0.25, 0.3) is 15.9 Å². The van der Waals surface area contributed by atoms with E-state index < -0.39 is 0 Å². The molecule has 0 radical (unpaired) electrons. The molecule has 2 heterocycles. The summed E-state index contributed by atoms with van der Waals surface area (Å²) in [5.41, 5.74) is 5.49. The standard InChI is InChI=1S/C30H27N3O3S/c1-20-8-9-21(2)24(16-20)19-32-26-14-15-37-28(26)29(35)33(30(32)36)25-12-10-22(11-13-25)17-27(34)31-18-23-6-4-3-5-7-23/h3-16H,17-19H2,1-2H3,(H,31,34). The van der Waals surface area contributed by atoms with Crippen molar-refractivity contribution in [1.29, 1.82) is 0 Å². The summed E-state index contributed by atoms with van der Waals surface area (Å²) < 4.78 is 3.43. The molecule has 0 saturated heterocycles. The number of carbonyl (C=O) groups excluding carboxylic acids is 1. The van der Waals surface area contributed by atoms with E-state index in [9.17, 15) is 14.4 Å². The maximum atomic E-state index is 13.7. The second-order valence-corrected chi connectivity index (χ2v) is 10.1. The van der Waals surface area contributed by atoms with Gasteiger partial charge in [-0.15, -0.1) is 11.3 Å². The topological polar surface area (TPSA) is 73.1 Å². The highest BCUT2D eigenvalue weighted by atomic mass is 32.1. The van der Waals surface area contributed by atoms with Crippen molar-refractivity contribution in [2.24, 2.45) is 0 Å². The smallest absolute Gasteiger partial charge is 0.336 e. The number of benzene rings is 3. The van der Waals surface area contributed by atoms with E-state index in [2.05, 4.69) is 11.4 Å². The third kappa shape index (κ3) is 5.17. The van der Waals surface area contributed by atoms with Crippen molar-refractivity contribution in [2.45, 2.75) is 33.4 Å². The van der Waals surface area contributed by atoms with Gasteiger partial charge in [-0.25, -0.2) is 9.36 Å². The van der Waals surface area contributed by atoms with E-state index in [1.165, 1.54) is 15.9 Å². The second kappa shape index (κ2) is 10.4. The van der Waals surface area contributed by atoms with Gasteiger partial charge in [0.05, 0.1) is 24.2 Å². The number of aryl methyl sites for hydroxylation is 2. The van der Waals surface area contributed by atoms with Crippen molar-refractivity contribution in [3.8, 4) is 5.69 Å². The maximum Gasteiger partial charge on any atom is 0.336 e. The molecule has 3 aromatic carbocycles. The Bertz CT molecular complexity index is 1700. The minimum Gasteiger partial charge on any atom is -0.352 e. The third-order valence-corrected chi connectivity index (χ3v) is 7.37. The van der Waals surface area contributed by atoms with E-state index in [0.29, 0.717) is 29.0 Å². The molecule has 186 valence electrons. The van der Waals surface area contributed by atoms with E-state index in [1.54, 1.807) is 28.8 Å². The summed E-state index contributed by atoms with van der Waals surface area (Å²) in [4.78, 5) is 39.4. The molecule has 5 aromatic rings. The molecule has 0 fully saturated rings. The zero-order valence-electron chi connectivity index (χ0n) is 20.7. The summed E-state index contributed by atoms with van der Waals surface area (Å²) in [5.74, 6) is -0.0929. The maximum absolute atomic E-state index is 13.7. The first kappa shape index (κ1) is 24.5. The lowest BCUT2D eigenvalue weighted by molar-refractivity contribution is -0.120. The van der Waals surface area contributed by atoms with Gasteiger partial charge in [-0.2, -0.15) is 0 Å². The summed E-state index contributed by atoms with van der Waals surface area (Å²) in [6, 6.07) is 24.8. The highest BCUT2D eigenvalue weighted by Crippen LogP contribution is 2.19. The Morgan fingerprint density at radius 1 is 0.892 bits per heavy atom. The second-order valence-electron chi connectivity index (χ2n) is 9.18. The molecule has 0 spiro atoms. The summed E-state index contributed by atoms with van der Waals surface area (Å²) in [6.45, 7) is 4.89. The number of rotatable bonds is 7.